The van der Waals surface area contributed by atoms with Crippen molar-refractivity contribution < 1.29 is 4.79 Å². The van der Waals surface area contributed by atoms with Crippen molar-refractivity contribution in [1.29, 1.82) is 0 Å². The van der Waals surface area contributed by atoms with Crippen molar-refractivity contribution in [3.8, 4) is 0 Å². The van der Waals surface area contributed by atoms with Crippen LogP contribution in [0.3, 0.4) is 0 Å². The van der Waals surface area contributed by atoms with Crippen molar-refractivity contribution in [2.75, 3.05) is 0 Å². The minimum atomic E-state index is -1.07. The van der Waals surface area contributed by atoms with E-state index in [0.29, 0.717) is 12.8 Å². The highest BCUT2D eigenvalue weighted by atomic mass is 16.1. The smallest absolute Gasteiger partial charge is 0.166 e. The van der Waals surface area contributed by atoms with E-state index in [4.69, 9.17) is 11.3 Å². The van der Waals surface area contributed by atoms with Crippen molar-refractivity contribution in [2.45, 2.75) is 30.8 Å². The summed E-state index contributed by atoms with van der Waals surface area (Å²) in [7, 11) is 0. The summed E-state index contributed by atoms with van der Waals surface area (Å²) in [5.74, 6) is -0.178. The molecule has 2 N–H and O–H groups in total. The zero-order chi connectivity index (χ0) is 14.9. The Morgan fingerprint density at radius 3 is 2.81 bits per heavy atom. The number of hydrogen-bond acceptors (Lipinski definition) is 3. The fourth-order valence-electron chi connectivity index (χ4n) is 3.18. The number of carbonyl (C=O) groups is 1. The SMILES string of the molecule is [N-]=[N+]=NC1CCCC(N)(c2cccc3ccccc23)C1=O. The third kappa shape index (κ3) is 2.17. The van der Waals surface area contributed by atoms with E-state index in [0.717, 1.165) is 22.8 Å². The van der Waals surface area contributed by atoms with Gasteiger partial charge in [0, 0.05) is 4.91 Å². The lowest BCUT2D eigenvalue weighted by atomic mass is 9.73. The number of ketones is 1. The lowest BCUT2D eigenvalue weighted by Crippen LogP contribution is -2.52. The van der Waals surface area contributed by atoms with Gasteiger partial charge in [-0.2, -0.15) is 0 Å². The summed E-state index contributed by atoms with van der Waals surface area (Å²) in [5.41, 5.74) is 14.8. The van der Waals surface area contributed by atoms with Gasteiger partial charge < -0.3 is 5.73 Å². The monoisotopic (exact) mass is 280 g/mol. The zero-order valence-electron chi connectivity index (χ0n) is 11.6. The Morgan fingerprint density at radius 2 is 2.00 bits per heavy atom. The summed E-state index contributed by atoms with van der Waals surface area (Å²) < 4.78 is 0. The molecule has 2 unspecified atom stereocenters. The summed E-state index contributed by atoms with van der Waals surface area (Å²) in [4.78, 5) is 15.5. The van der Waals surface area contributed by atoms with Gasteiger partial charge in [-0.1, -0.05) is 47.6 Å². The molecule has 0 heterocycles. The summed E-state index contributed by atoms with van der Waals surface area (Å²) in [5, 5.41) is 5.65. The Kier molecular flexibility index (Phi) is 3.37. The minimum Gasteiger partial charge on any atom is -0.315 e. The second-order valence-electron chi connectivity index (χ2n) is 5.48. The zero-order valence-corrected chi connectivity index (χ0v) is 11.6. The Bertz CT molecular complexity index is 746. The molecule has 2 aromatic rings. The van der Waals surface area contributed by atoms with Gasteiger partial charge in [0.1, 0.15) is 5.54 Å². The maximum Gasteiger partial charge on any atom is 0.166 e. The average Bonchev–Trinajstić information content (AvgIpc) is 2.51. The molecule has 1 aliphatic carbocycles. The van der Waals surface area contributed by atoms with Gasteiger partial charge in [0.15, 0.2) is 5.78 Å². The first kappa shape index (κ1) is 13.6. The van der Waals surface area contributed by atoms with Crippen LogP contribution in [0.25, 0.3) is 21.2 Å². The molecule has 1 aliphatic rings. The van der Waals surface area contributed by atoms with Crippen LogP contribution in [0.5, 0.6) is 0 Å². The number of benzene rings is 2. The molecule has 0 amide bonds. The van der Waals surface area contributed by atoms with Crippen LogP contribution in [0.15, 0.2) is 47.6 Å². The predicted molar refractivity (Wildman–Crippen MR) is 81.6 cm³/mol. The molecule has 0 saturated heterocycles. The number of Topliss-reactive ketones (excluding diaryl/α,β-unsaturated/α-hetero) is 1. The largest absolute Gasteiger partial charge is 0.315 e. The van der Waals surface area contributed by atoms with Crippen LogP contribution in [0.1, 0.15) is 24.8 Å². The van der Waals surface area contributed by atoms with E-state index in [-0.39, 0.29) is 5.78 Å². The molecular weight excluding hydrogens is 264 g/mol. The molecule has 2 aromatic carbocycles. The second kappa shape index (κ2) is 5.20. The molecule has 3 rings (SSSR count). The first-order valence-corrected chi connectivity index (χ1v) is 7.02. The minimum absolute atomic E-state index is 0.178. The highest BCUT2D eigenvalue weighted by molar-refractivity contribution is 5.99. The number of hydrogen-bond donors (Lipinski definition) is 1. The molecule has 0 aliphatic heterocycles. The highest BCUT2D eigenvalue weighted by Crippen LogP contribution is 2.37. The third-order valence-electron chi connectivity index (χ3n) is 4.25. The van der Waals surface area contributed by atoms with Crippen molar-refractivity contribution >= 4 is 16.6 Å². The van der Waals surface area contributed by atoms with Crippen LogP contribution in [-0.4, -0.2) is 11.8 Å². The lowest BCUT2D eigenvalue weighted by Gasteiger charge is -2.36. The molecule has 0 aromatic heterocycles. The van der Waals surface area contributed by atoms with Gasteiger partial charge in [-0.05, 0) is 41.1 Å². The van der Waals surface area contributed by atoms with Crippen LogP contribution in [0.4, 0.5) is 0 Å². The maximum atomic E-state index is 12.7. The summed E-state index contributed by atoms with van der Waals surface area (Å²) in [6.07, 6.45) is 1.93. The Labute approximate surface area is 122 Å². The van der Waals surface area contributed by atoms with E-state index in [9.17, 15) is 4.79 Å². The Balaban J connectivity index is 2.16. The van der Waals surface area contributed by atoms with Crippen molar-refractivity contribution in [2.24, 2.45) is 10.8 Å². The molecule has 5 nitrogen and oxygen atoms in total. The molecule has 5 heteroatoms. The first-order chi connectivity index (χ1) is 10.2. The van der Waals surface area contributed by atoms with E-state index in [1.165, 1.54) is 0 Å². The summed E-state index contributed by atoms with van der Waals surface area (Å²) >= 11 is 0. The molecule has 2 atom stereocenters. The first-order valence-electron chi connectivity index (χ1n) is 7.02. The van der Waals surface area contributed by atoms with Crippen molar-refractivity contribution in [3.63, 3.8) is 0 Å². The number of fused-ring (bicyclic) bond motifs is 1. The average molecular weight is 280 g/mol. The molecule has 0 bridgehead atoms. The lowest BCUT2D eigenvalue weighted by molar-refractivity contribution is -0.127. The molecule has 0 spiro atoms. The van der Waals surface area contributed by atoms with E-state index in [1.54, 1.807) is 0 Å². The van der Waals surface area contributed by atoms with E-state index in [2.05, 4.69) is 10.0 Å². The van der Waals surface area contributed by atoms with Crippen LogP contribution >= 0.6 is 0 Å². The number of nitrogens with two attached hydrogens (primary N) is 1. The molecule has 0 radical (unpaired) electrons. The van der Waals surface area contributed by atoms with Crippen LogP contribution in [0.2, 0.25) is 0 Å². The standard InChI is InChI=1S/C16H16N4O/c17-16(10-4-9-14(15(16)21)19-20-18)13-8-3-6-11-5-1-2-7-12(11)13/h1-3,5-8,14H,4,9-10,17H2. The molecule has 1 saturated carbocycles. The fourth-order valence-corrected chi connectivity index (χ4v) is 3.18. The summed E-state index contributed by atoms with van der Waals surface area (Å²) in [6.45, 7) is 0. The van der Waals surface area contributed by atoms with Gasteiger partial charge >= 0.3 is 0 Å². The van der Waals surface area contributed by atoms with Gasteiger partial charge in [-0.25, -0.2) is 0 Å². The van der Waals surface area contributed by atoms with Crippen molar-refractivity contribution in [3.05, 3.63) is 58.5 Å². The number of rotatable bonds is 2. The van der Waals surface area contributed by atoms with Crippen LogP contribution < -0.4 is 5.73 Å². The van der Waals surface area contributed by atoms with Gasteiger partial charge in [0.25, 0.3) is 0 Å². The highest BCUT2D eigenvalue weighted by Gasteiger charge is 2.43. The maximum absolute atomic E-state index is 12.7. The normalized spacial score (nSPS) is 25.6. The molecule has 1 fully saturated rings. The van der Waals surface area contributed by atoms with Gasteiger partial charge in [-0.3, -0.25) is 4.79 Å². The Morgan fingerprint density at radius 1 is 1.24 bits per heavy atom. The van der Waals surface area contributed by atoms with E-state index in [1.807, 2.05) is 42.5 Å². The second-order valence-corrected chi connectivity index (χ2v) is 5.48. The van der Waals surface area contributed by atoms with E-state index < -0.39 is 11.6 Å². The molecule has 21 heavy (non-hydrogen) atoms. The number of nitrogens with zero attached hydrogens (tertiary/aromatic N) is 3. The topological polar surface area (TPSA) is 91.8 Å². The van der Waals surface area contributed by atoms with Crippen LogP contribution in [-0.2, 0) is 10.3 Å². The summed E-state index contributed by atoms with van der Waals surface area (Å²) in [6, 6.07) is 13.0. The number of carbonyl (C=O) groups excluding carboxylic acids is 1. The molecule has 106 valence electrons. The van der Waals surface area contributed by atoms with E-state index >= 15 is 0 Å². The van der Waals surface area contributed by atoms with Gasteiger partial charge in [0.05, 0.1) is 6.04 Å². The number of azide groups is 1. The predicted octanol–water partition coefficient (Wildman–Crippen LogP) is 3.43. The van der Waals surface area contributed by atoms with Crippen LogP contribution in [0, 0.1) is 0 Å². The van der Waals surface area contributed by atoms with Gasteiger partial charge in [-0.15, -0.1) is 0 Å². The third-order valence-corrected chi connectivity index (χ3v) is 4.25. The Hall–Kier alpha value is -2.36. The van der Waals surface area contributed by atoms with Crippen molar-refractivity contribution in [1.82, 2.24) is 0 Å². The molecular formula is C16H16N4O. The van der Waals surface area contributed by atoms with Gasteiger partial charge in [0.2, 0.25) is 0 Å². The quantitative estimate of drug-likeness (QED) is 0.518. The fraction of sp³-hybridized carbons (Fsp3) is 0.312.